The zero-order valence-corrected chi connectivity index (χ0v) is 15.7. The third kappa shape index (κ3) is 4.17. The highest BCUT2D eigenvalue weighted by atomic mass is 19.1. The van der Waals surface area contributed by atoms with E-state index in [1.807, 2.05) is 0 Å². The number of carbonyl (C=O) groups excluding carboxylic acids is 1. The van der Waals surface area contributed by atoms with Gasteiger partial charge in [0.1, 0.15) is 24.0 Å². The van der Waals surface area contributed by atoms with Gasteiger partial charge in [-0.1, -0.05) is 6.07 Å². The summed E-state index contributed by atoms with van der Waals surface area (Å²) < 4.78 is 32.5. The summed E-state index contributed by atoms with van der Waals surface area (Å²) >= 11 is 0. The Morgan fingerprint density at radius 1 is 1.04 bits per heavy atom. The van der Waals surface area contributed by atoms with Gasteiger partial charge in [0.05, 0.1) is 0 Å². The topological polar surface area (TPSA) is 32.8 Å². The number of likely N-dealkylation sites (tertiary alicyclic amines) is 1. The average Bonchev–Trinajstić information content (AvgIpc) is 3.02. The Morgan fingerprint density at radius 2 is 1.79 bits per heavy atom. The Hall–Kier alpha value is -2.47. The second-order valence-corrected chi connectivity index (χ2v) is 7.54. The molecule has 0 aliphatic carbocycles. The normalized spacial score (nSPS) is 17.8. The average molecular weight is 386 g/mol. The van der Waals surface area contributed by atoms with Gasteiger partial charge < -0.3 is 9.64 Å². The highest BCUT2D eigenvalue weighted by Crippen LogP contribution is 2.28. The molecule has 148 valence electrons. The van der Waals surface area contributed by atoms with E-state index in [-0.39, 0.29) is 17.5 Å². The lowest BCUT2D eigenvalue weighted by molar-refractivity contribution is 0.0708. The summed E-state index contributed by atoms with van der Waals surface area (Å²) in [6.45, 7) is 4.37. The van der Waals surface area contributed by atoms with Crippen LogP contribution in [0.5, 0.6) is 5.75 Å². The van der Waals surface area contributed by atoms with Gasteiger partial charge in [-0.05, 0) is 68.2 Å². The molecule has 0 spiro atoms. The van der Waals surface area contributed by atoms with Crippen molar-refractivity contribution in [3.05, 3.63) is 65.2 Å². The van der Waals surface area contributed by atoms with Crippen LogP contribution in [-0.2, 0) is 6.54 Å². The second kappa shape index (κ2) is 8.27. The molecule has 1 fully saturated rings. The molecule has 6 heteroatoms. The predicted molar refractivity (Wildman–Crippen MR) is 102 cm³/mol. The molecule has 0 saturated carbocycles. The fraction of sp³-hybridized carbons (Fsp3) is 0.409. The number of hydrogen-bond donors (Lipinski definition) is 0. The van der Waals surface area contributed by atoms with Crippen LogP contribution >= 0.6 is 0 Å². The maximum atomic E-state index is 13.9. The molecule has 1 saturated heterocycles. The van der Waals surface area contributed by atoms with Gasteiger partial charge in [0.25, 0.3) is 5.91 Å². The van der Waals surface area contributed by atoms with Crippen molar-refractivity contribution in [2.24, 2.45) is 5.92 Å². The lowest BCUT2D eigenvalue weighted by atomic mass is 9.96. The van der Waals surface area contributed by atoms with E-state index >= 15 is 0 Å². The Balaban J connectivity index is 1.20. The summed E-state index contributed by atoms with van der Waals surface area (Å²) in [6.07, 6.45) is 2.03. The van der Waals surface area contributed by atoms with E-state index in [0.717, 1.165) is 32.5 Å². The molecule has 0 atom stereocenters. The Morgan fingerprint density at radius 3 is 2.50 bits per heavy atom. The monoisotopic (exact) mass is 386 g/mol. The van der Waals surface area contributed by atoms with Gasteiger partial charge in [0.15, 0.2) is 0 Å². The highest BCUT2D eigenvalue weighted by molar-refractivity contribution is 5.98. The third-order valence-electron chi connectivity index (χ3n) is 5.66. The lowest BCUT2D eigenvalue weighted by Crippen LogP contribution is -2.40. The first-order chi connectivity index (χ1) is 13.6. The van der Waals surface area contributed by atoms with Crippen molar-refractivity contribution in [1.29, 1.82) is 0 Å². The van der Waals surface area contributed by atoms with Gasteiger partial charge in [-0.25, -0.2) is 8.78 Å². The molecule has 4 nitrogen and oxygen atoms in total. The van der Waals surface area contributed by atoms with Gasteiger partial charge in [0.2, 0.25) is 0 Å². The molecule has 2 aromatic carbocycles. The third-order valence-corrected chi connectivity index (χ3v) is 5.66. The van der Waals surface area contributed by atoms with Crippen molar-refractivity contribution in [2.45, 2.75) is 19.4 Å². The van der Waals surface area contributed by atoms with Crippen molar-refractivity contribution >= 4 is 5.91 Å². The van der Waals surface area contributed by atoms with Crippen LogP contribution in [0.2, 0.25) is 0 Å². The van der Waals surface area contributed by atoms with E-state index in [2.05, 4.69) is 4.90 Å². The zero-order valence-electron chi connectivity index (χ0n) is 15.7. The number of nitrogens with zero attached hydrogens (tertiary/aromatic N) is 2. The fourth-order valence-electron chi connectivity index (χ4n) is 4.03. The molecule has 1 amide bonds. The number of hydrogen-bond acceptors (Lipinski definition) is 3. The lowest BCUT2D eigenvalue weighted by Gasteiger charge is -2.33. The van der Waals surface area contributed by atoms with Crippen molar-refractivity contribution in [1.82, 2.24) is 9.80 Å². The number of rotatable bonds is 6. The number of piperidine rings is 1. The minimum Gasteiger partial charge on any atom is -0.492 e. The first kappa shape index (κ1) is 18.9. The van der Waals surface area contributed by atoms with Gasteiger partial charge in [-0.3, -0.25) is 9.69 Å². The molecular weight excluding hydrogens is 362 g/mol. The molecule has 0 unspecified atom stereocenters. The number of ether oxygens (including phenoxy) is 1. The molecule has 2 heterocycles. The van der Waals surface area contributed by atoms with E-state index in [4.69, 9.17) is 4.74 Å². The minimum absolute atomic E-state index is 0.0513. The maximum Gasteiger partial charge on any atom is 0.254 e. The number of benzene rings is 2. The first-order valence-corrected chi connectivity index (χ1v) is 9.77. The largest absolute Gasteiger partial charge is 0.492 e. The van der Waals surface area contributed by atoms with Gasteiger partial charge >= 0.3 is 0 Å². The number of carbonyl (C=O) groups is 1. The van der Waals surface area contributed by atoms with E-state index in [9.17, 15) is 13.6 Å². The maximum absolute atomic E-state index is 13.9. The molecular formula is C22H24F2N2O2. The van der Waals surface area contributed by atoms with Crippen LogP contribution in [-0.4, -0.2) is 48.5 Å². The molecule has 2 aliphatic heterocycles. The summed E-state index contributed by atoms with van der Waals surface area (Å²) in [5, 5.41) is 0. The molecule has 0 radical (unpaired) electrons. The summed E-state index contributed by atoms with van der Waals surface area (Å²) in [4.78, 5) is 16.6. The van der Waals surface area contributed by atoms with Crippen LogP contribution < -0.4 is 4.74 Å². The summed E-state index contributed by atoms with van der Waals surface area (Å²) in [5.74, 6) is 0.511. The molecule has 0 N–H and O–H groups in total. The predicted octanol–water partition coefficient (Wildman–Crippen LogP) is 3.71. The minimum atomic E-state index is -0.288. The van der Waals surface area contributed by atoms with Crippen molar-refractivity contribution in [2.75, 3.05) is 32.8 Å². The Kier molecular flexibility index (Phi) is 5.57. The first-order valence-electron chi connectivity index (χ1n) is 9.77. The van der Waals surface area contributed by atoms with Crippen LogP contribution in [0, 0.1) is 17.6 Å². The quantitative estimate of drug-likeness (QED) is 0.759. The highest BCUT2D eigenvalue weighted by Gasteiger charge is 2.31. The Bertz CT molecular complexity index is 833. The SMILES string of the molecule is O=C1c2cccc(F)c2CN1CC1CCN(CCOc2ccc(F)cc2)CC1. The molecule has 28 heavy (non-hydrogen) atoms. The van der Waals surface area contributed by atoms with Crippen molar-refractivity contribution < 1.29 is 18.3 Å². The Labute approximate surface area is 163 Å². The molecule has 0 bridgehead atoms. The molecule has 0 aromatic heterocycles. The van der Waals surface area contributed by atoms with Crippen molar-refractivity contribution in [3.8, 4) is 5.75 Å². The molecule has 2 aromatic rings. The van der Waals surface area contributed by atoms with Crippen LogP contribution in [0.15, 0.2) is 42.5 Å². The van der Waals surface area contributed by atoms with Crippen LogP contribution in [0.4, 0.5) is 8.78 Å². The van der Waals surface area contributed by atoms with E-state index in [1.54, 1.807) is 29.2 Å². The number of fused-ring (bicyclic) bond motifs is 1. The molecule has 2 aliphatic rings. The van der Waals surface area contributed by atoms with Gasteiger partial charge in [-0.15, -0.1) is 0 Å². The van der Waals surface area contributed by atoms with E-state index in [1.165, 1.54) is 18.2 Å². The second-order valence-electron chi connectivity index (χ2n) is 7.54. The smallest absolute Gasteiger partial charge is 0.254 e. The zero-order chi connectivity index (χ0) is 19.5. The summed E-state index contributed by atoms with van der Waals surface area (Å²) in [7, 11) is 0. The van der Waals surface area contributed by atoms with Gasteiger partial charge in [-0.2, -0.15) is 0 Å². The summed E-state index contributed by atoms with van der Waals surface area (Å²) in [6, 6.07) is 10.8. The van der Waals surface area contributed by atoms with E-state index < -0.39 is 0 Å². The van der Waals surface area contributed by atoms with Crippen LogP contribution in [0.25, 0.3) is 0 Å². The summed E-state index contributed by atoms with van der Waals surface area (Å²) in [5.41, 5.74) is 1.04. The molecule has 4 rings (SSSR count). The van der Waals surface area contributed by atoms with Gasteiger partial charge in [0, 0.05) is 30.8 Å². The number of amides is 1. The van der Waals surface area contributed by atoms with Crippen LogP contribution in [0.1, 0.15) is 28.8 Å². The van der Waals surface area contributed by atoms with Crippen LogP contribution in [0.3, 0.4) is 0 Å². The number of halogens is 2. The fourth-order valence-corrected chi connectivity index (χ4v) is 4.03. The van der Waals surface area contributed by atoms with Crippen molar-refractivity contribution in [3.63, 3.8) is 0 Å². The van der Waals surface area contributed by atoms with E-state index in [0.29, 0.717) is 42.5 Å². The standard InChI is InChI=1S/C22H24F2N2O2/c23-17-4-6-18(7-5-17)28-13-12-25-10-8-16(9-11-25)14-26-15-20-19(22(26)27)2-1-3-21(20)24/h1-7,16H,8-15H2.